The molecule has 2 aromatic carbocycles. The third kappa shape index (κ3) is 6.87. The average Bonchev–Trinajstić information content (AvgIpc) is 2.94. The van der Waals surface area contributed by atoms with E-state index in [0.29, 0.717) is 16.7 Å². The van der Waals surface area contributed by atoms with Crippen LogP contribution in [0.4, 0.5) is 5.69 Å². The molecule has 1 heterocycles. The Balaban J connectivity index is 0.00000441. The molecule has 0 radical (unpaired) electrons. The first-order chi connectivity index (χ1) is 18.8. The van der Waals surface area contributed by atoms with Crippen molar-refractivity contribution in [3.63, 3.8) is 0 Å². The molecule has 2 N–H and O–H groups in total. The van der Waals surface area contributed by atoms with Gasteiger partial charge in [-0.25, -0.2) is 9.78 Å². The van der Waals surface area contributed by atoms with Crippen LogP contribution >= 0.6 is 12.4 Å². The fraction of sp³-hybridized carbons (Fsp3) is 0.345. The van der Waals surface area contributed by atoms with Crippen LogP contribution in [0.15, 0.2) is 51.9 Å². The van der Waals surface area contributed by atoms with E-state index in [-0.39, 0.29) is 44.1 Å². The Kier molecular flexibility index (Phi) is 10.4. The van der Waals surface area contributed by atoms with Crippen LogP contribution in [-0.2, 0) is 23.9 Å². The summed E-state index contributed by atoms with van der Waals surface area (Å²) in [5, 5.41) is 8.42. The van der Waals surface area contributed by atoms with E-state index >= 15 is 0 Å². The lowest BCUT2D eigenvalue weighted by Gasteiger charge is -2.15. The van der Waals surface area contributed by atoms with Gasteiger partial charge < -0.3 is 24.5 Å². The van der Waals surface area contributed by atoms with Crippen LogP contribution in [0.1, 0.15) is 31.7 Å². The highest BCUT2D eigenvalue weighted by atomic mass is 35.5. The molecule has 212 valence electrons. The van der Waals surface area contributed by atoms with Crippen LogP contribution in [0.25, 0.3) is 33.3 Å². The largest absolute Gasteiger partial charge is 0.469 e. The monoisotopic (exact) mass is 568 g/mol. The van der Waals surface area contributed by atoms with Crippen molar-refractivity contribution < 1.29 is 28.3 Å². The number of rotatable bonds is 10. The second-order valence-corrected chi connectivity index (χ2v) is 9.06. The smallest absolute Gasteiger partial charge is 0.328 e. The molecule has 1 atom stereocenters. The maximum absolute atomic E-state index is 12.6. The van der Waals surface area contributed by atoms with Gasteiger partial charge in [-0.3, -0.25) is 14.6 Å². The van der Waals surface area contributed by atoms with Crippen molar-refractivity contribution in [2.75, 3.05) is 32.6 Å². The number of fused-ring (bicyclic) bond motifs is 4. The zero-order valence-corrected chi connectivity index (χ0v) is 23.7. The van der Waals surface area contributed by atoms with Crippen LogP contribution in [-0.4, -0.2) is 56.2 Å². The standard InChI is InChI=1S/C29H32N4O6.ClH/c1-5-30-21-15-24-23(14-17(21)2)33-28-19-9-7-6-8-18(19)22(16-25(28)39-24)31-13-12-26(34)32-20(29(36)38-4)10-11-27(35)37-3;/h6-9,14-16,20,30H,5,10-13H2,1-4H3,(H,32,34);1H. The van der Waals surface area contributed by atoms with E-state index in [1.807, 2.05) is 56.3 Å². The number of methoxy groups -OCH3 is 2. The Morgan fingerprint density at radius 1 is 1.05 bits per heavy atom. The average molecular weight is 569 g/mol. The summed E-state index contributed by atoms with van der Waals surface area (Å²) in [6.07, 6.45) is 0.0946. The number of aromatic nitrogens is 1. The first-order valence-electron chi connectivity index (χ1n) is 12.8. The summed E-state index contributed by atoms with van der Waals surface area (Å²) < 4.78 is 15.6. The van der Waals surface area contributed by atoms with Crippen molar-refractivity contribution in [3.05, 3.63) is 53.4 Å². The number of ether oxygens (including phenoxy) is 2. The molecule has 0 saturated heterocycles. The van der Waals surface area contributed by atoms with E-state index in [0.717, 1.165) is 39.8 Å². The molecule has 2 aromatic rings. The Hall–Kier alpha value is -4.18. The minimum absolute atomic E-state index is 0. The third-order valence-corrected chi connectivity index (χ3v) is 6.39. The second kappa shape index (κ2) is 13.7. The molecular formula is C29H33ClN4O6. The topological polar surface area (TPSA) is 132 Å². The highest BCUT2D eigenvalue weighted by Crippen LogP contribution is 2.32. The van der Waals surface area contributed by atoms with Crippen molar-refractivity contribution in [2.45, 2.75) is 39.2 Å². The number of carbonyl (C=O) groups excluding carboxylic acids is 3. The fourth-order valence-electron chi connectivity index (χ4n) is 4.40. The van der Waals surface area contributed by atoms with Crippen molar-refractivity contribution in [2.24, 2.45) is 4.99 Å². The normalized spacial score (nSPS) is 12.2. The number of aryl methyl sites for hydroxylation is 1. The van der Waals surface area contributed by atoms with Crippen LogP contribution in [0.3, 0.4) is 0 Å². The van der Waals surface area contributed by atoms with Crippen molar-refractivity contribution in [3.8, 4) is 11.5 Å². The van der Waals surface area contributed by atoms with Crippen molar-refractivity contribution >= 4 is 57.8 Å². The first-order valence-corrected chi connectivity index (χ1v) is 12.8. The molecule has 1 aliphatic carbocycles. The molecule has 11 heteroatoms. The Bertz CT molecular complexity index is 1570. The number of hydrogen-bond donors (Lipinski definition) is 2. The molecule has 0 aromatic heterocycles. The van der Waals surface area contributed by atoms with E-state index in [1.54, 1.807) is 0 Å². The molecule has 1 amide bonds. The van der Waals surface area contributed by atoms with Crippen molar-refractivity contribution in [1.82, 2.24) is 10.3 Å². The molecule has 10 nitrogen and oxygen atoms in total. The predicted octanol–water partition coefficient (Wildman–Crippen LogP) is 4.15. The van der Waals surface area contributed by atoms with Crippen LogP contribution in [0.5, 0.6) is 0 Å². The van der Waals surface area contributed by atoms with E-state index < -0.39 is 18.0 Å². The summed E-state index contributed by atoms with van der Waals surface area (Å²) in [6.45, 7) is 5.04. The SMILES string of the molecule is CCNc1cc2oc3cc(=NCCC(=O)NC(CCC(=O)OC)C(=O)OC)c4ccccc4c-3nc2cc1C.Cl. The number of nitrogens with one attached hydrogen (secondary N) is 2. The summed E-state index contributed by atoms with van der Waals surface area (Å²) in [6, 6.07) is 12.6. The van der Waals surface area contributed by atoms with Gasteiger partial charge in [0.2, 0.25) is 5.91 Å². The summed E-state index contributed by atoms with van der Waals surface area (Å²) in [5.41, 5.74) is 4.23. The fourth-order valence-corrected chi connectivity index (χ4v) is 4.40. The molecule has 1 unspecified atom stereocenters. The molecule has 2 aliphatic rings. The molecule has 4 rings (SSSR count). The van der Waals surface area contributed by atoms with Gasteiger partial charge >= 0.3 is 11.9 Å². The number of esters is 2. The zero-order valence-electron chi connectivity index (χ0n) is 22.9. The van der Waals surface area contributed by atoms with E-state index in [1.165, 1.54) is 14.2 Å². The number of amides is 1. The van der Waals surface area contributed by atoms with Gasteiger partial charge in [-0.05, 0) is 31.9 Å². The summed E-state index contributed by atoms with van der Waals surface area (Å²) >= 11 is 0. The molecule has 1 aliphatic heterocycles. The number of anilines is 1. The maximum atomic E-state index is 12.6. The third-order valence-electron chi connectivity index (χ3n) is 6.39. The summed E-state index contributed by atoms with van der Waals surface area (Å²) in [5.74, 6) is -0.896. The molecule has 40 heavy (non-hydrogen) atoms. The molecular weight excluding hydrogens is 536 g/mol. The Morgan fingerprint density at radius 2 is 1.80 bits per heavy atom. The first kappa shape index (κ1) is 30.4. The molecule has 0 spiro atoms. The lowest BCUT2D eigenvalue weighted by molar-refractivity contribution is -0.146. The zero-order chi connectivity index (χ0) is 27.9. The van der Waals surface area contributed by atoms with Gasteiger partial charge in [-0.2, -0.15) is 0 Å². The van der Waals surface area contributed by atoms with Crippen LogP contribution in [0, 0.1) is 6.92 Å². The van der Waals surface area contributed by atoms with Gasteiger partial charge in [0.25, 0.3) is 0 Å². The number of carbonyl (C=O) groups is 3. The quantitative estimate of drug-likeness (QED) is 0.166. The number of halogens is 1. The number of hydrogen-bond acceptors (Lipinski definition) is 9. The van der Waals surface area contributed by atoms with Crippen LogP contribution in [0.2, 0.25) is 0 Å². The summed E-state index contributed by atoms with van der Waals surface area (Å²) in [7, 11) is 2.49. The maximum Gasteiger partial charge on any atom is 0.328 e. The van der Waals surface area contributed by atoms with Gasteiger partial charge in [0.15, 0.2) is 11.3 Å². The van der Waals surface area contributed by atoms with E-state index in [4.69, 9.17) is 14.1 Å². The number of nitrogens with zero attached hydrogens (tertiary/aromatic N) is 2. The van der Waals surface area contributed by atoms with Gasteiger partial charge in [0, 0.05) is 54.5 Å². The van der Waals surface area contributed by atoms with Gasteiger partial charge in [-0.1, -0.05) is 24.3 Å². The Morgan fingerprint density at radius 3 is 2.50 bits per heavy atom. The van der Waals surface area contributed by atoms with Gasteiger partial charge in [0.1, 0.15) is 17.3 Å². The highest BCUT2D eigenvalue weighted by Gasteiger charge is 2.22. The molecule has 0 bridgehead atoms. The summed E-state index contributed by atoms with van der Waals surface area (Å²) in [4.78, 5) is 45.7. The minimum Gasteiger partial charge on any atom is -0.469 e. The highest BCUT2D eigenvalue weighted by molar-refractivity contribution is 5.96. The molecule has 0 saturated carbocycles. The molecule has 0 fully saturated rings. The van der Waals surface area contributed by atoms with Crippen LogP contribution < -0.4 is 16.0 Å². The second-order valence-electron chi connectivity index (χ2n) is 9.06. The minimum atomic E-state index is -0.947. The number of benzene rings is 3. The van der Waals surface area contributed by atoms with Crippen molar-refractivity contribution in [1.29, 1.82) is 0 Å². The van der Waals surface area contributed by atoms with E-state index in [2.05, 4.69) is 20.4 Å². The lowest BCUT2D eigenvalue weighted by atomic mass is 10.0. The predicted molar refractivity (Wildman–Crippen MR) is 155 cm³/mol. The van der Waals surface area contributed by atoms with E-state index in [9.17, 15) is 14.4 Å². The Labute approximate surface area is 237 Å². The lowest BCUT2D eigenvalue weighted by Crippen LogP contribution is -2.42. The van der Waals surface area contributed by atoms with Gasteiger partial charge in [0.05, 0.1) is 19.6 Å². The van der Waals surface area contributed by atoms with Gasteiger partial charge in [-0.15, -0.1) is 12.4 Å².